The van der Waals surface area contributed by atoms with Crippen molar-refractivity contribution in [1.82, 2.24) is 9.38 Å². The van der Waals surface area contributed by atoms with Crippen molar-refractivity contribution in [2.24, 2.45) is 0 Å². The van der Waals surface area contributed by atoms with E-state index in [9.17, 15) is 9.90 Å². The third-order valence-corrected chi connectivity index (χ3v) is 6.87. The van der Waals surface area contributed by atoms with E-state index >= 15 is 0 Å². The highest BCUT2D eigenvalue weighted by atomic mass is 32.1. The maximum atomic E-state index is 13.3. The Hall–Kier alpha value is -2.66. The molecule has 0 saturated heterocycles. The minimum absolute atomic E-state index is 0.0477. The van der Waals surface area contributed by atoms with Crippen LogP contribution in [0.2, 0.25) is 0 Å². The first-order valence-electron chi connectivity index (χ1n) is 10.6. The molecule has 0 unspecified atom stereocenters. The molecule has 0 atom stereocenters. The van der Waals surface area contributed by atoms with Gasteiger partial charge in [0.15, 0.2) is 4.96 Å². The fourth-order valence-corrected chi connectivity index (χ4v) is 4.94. The normalized spacial score (nSPS) is 13.6. The van der Waals surface area contributed by atoms with Crippen molar-refractivity contribution < 1.29 is 5.11 Å². The van der Waals surface area contributed by atoms with E-state index in [1.165, 1.54) is 16.9 Å². The van der Waals surface area contributed by atoms with E-state index in [1.54, 1.807) is 4.40 Å². The monoisotopic (exact) mass is 434 g/mol. The fraction of sp³-hybridized carbons (Fsp3) is 0.385. The molecule has 4 rings (SSSR count). The van der Waals surface area contributed by atoms with Crippen molar-refractivity contribution in [2.45, 2.75) is 66.2 Å². The van der Waals surface area contributed by atoms with Crippen LogP contribution in [-0.4, -0.2) is 14.5 Å². The van der Waals surface area contributed by atoms with Crippen LogP contribution in [0, 0.1) is 13.8 Å². The maximum absolute atomic E-state index is 13.3. The highest BCUT2D eigenvalue weighted by molar-refractivity contribution is 7.15. The van der Waals surface area contributed by atoms with Crippen molar-refractivity contribution in [2.75, 3.05) is 0 Å². The van der Waals surface area contributed by atoms with Crippen LogP contribution in [0.1, 0.15) is 69.4 Å². The number of aromatic hydroxyl groups is 1. The Morgan fingerprint density at radius 1 is 0.935 bits per heavy atom. The fourth-order valence-electron chi connectivity index (χ4n) is 3.95. The Bertz CT molecular complexity index is 1410. The van der Waals surface area contributed by atoms with Gasteiger partial charge in [-0.25, -0.2) is 9.38 Å². The van der Waals surface area contributed by atoms with Gasteiger partial charge in [0.2, 0.25) is 0 Å². The molecule has 4 aromatic rings. The second kappa shape index (κ2) is 6.92. The molecule has 1 N–H and O–H groups in total. The van der Waals surface area contributed by atoms with Crippen LogP contribution < -0.4 is 10.1 Å². The molecule has 0 saturated carbocycles. The summed E-state index contributed by atoms with van der Waals surface area (Å²) in [7, 11) is 0. The molecule has 0 spiro atoms. The van der Waals surface area contributed by atoms with Gasteiger partial charge in [0.25, 0.3) is 5.56 Å². The lowest BCUT2D eigenvalue weighted by Crippen LogP contribution is -2.23. The van der Waals surface area contributed by atoms with Crippen LogP contribution in [-0.2, 0) is 10.8 Å². The predicted molar refractivity (Wildman–Crippen MR) is 131 cm³/mol. The van der Waals surface area contributed by atoms with E-state index in [1.807, 2.05) is 30.3 Å². The largest absolute Gasteiger partial charge is 0.507 e. The van der Waals surface area contributed by atoms with Crippen molar-refractivity contribution in [1.29, 1.82) is 0 Å². The highest BCUT2D eigenvalue weighted by Crippen LogP contribution is 2.39. The first-order chi connectivity index (χ1) is 14.3. The topological polar surface area (TPSA) is 54.6 Å². The Labute approximate surface area is 186 Å². The number of hydrogen-bond donors (Lipinski definition) is 1. The Balaban J connectivity index is 1.99. The quantitative estimate of drug-likeness (QED) is 0.438. The van der Waals surface area contributed by atoms with Crippen molar-refractivity contribution >= 4 is 33.4 Å². The Morgan fingerprint density at radius 2 is 1.48 bits per heavy atom. The van der Waals surface area contributed by atoms with Crippen LogP contribution in [0.15, 0.2) is 29.1 Å². The molecule has 4 nitrogen and oxygen atoms in total. The van der Waals surface area contributed by atoms with E-state index < -0.39 is 0 Å². The lowest BCUT2D eigenvalue weighted by Gasteiger charge is -2.27. The smallest absolute Gasteiger partial charge is 0.274 e. The SMILES string of the molecule is Cc1cc2nc3s/c(=C/c4cc(C(C)(C)C)c(O)c(C(C)(C)C)c4)c(=O)n3c2cc1C. The second-order valence-corrected chi connectivity index (χ2v) is 11.5. The molecular weight excluding hydrogens is 404 g/mol. The van der Waals surface area contributed by atoms with Gasteiger partial charge in [-0.3, -0.25) is 4.79 Å². The number of hydrogen-bond acceptors (Lipinski definition) is 4. The minimum atomic E-state index is -0.218. The van der Waals surface area contributed by atoms with E-state index in [-0.39, 0.29) is 16.4 Å². The highest BCUT2D eigenvalue weighted by Gasteiger charge is 2.26. The molecule has 0 amide bonds. The van der Waals surface area contributed by atoms with Gasteiger partial charge in [-0.2, -0.15) is 0 Å². The molecule has 0 aliphatic rings. The first kappa shape index (κ1) is 21.6. The van der Waals surface area contributed by atoms with Gasteiger partial charge in [0.05, 0.1) is 15.6 Å². The summed E-state index contributed by atoms with van der Waals surface area (Å²) in [5.74, 6) is 0.345. The molecule has 2 heterocycles. The molecule has 0 fully saturated rings. The van der Waals surface area contributed by atoms with Gasteiger partial charge in [0, 0.05) is 11.1 Å². The number of benzene rings is 2. The number of phenolic OH excluding ortho intramolecular Hbond substituents is 1. The van der Waals surface area contributed by atoms with Gasteiger partial charge >= 0.3 is 0 Å². The molecule has 0 bridgehead atoms. The average molecular weight is 435 g/mol. The molecule has 2 aromatic carbocycles. The summed E-state index contributed by atoms with van der Waals surface area (Å²) >= 11 is 1.41. The third kappa shape index (κ3) is 3.65. The molecule has 2 aromatic heterocycles. The summed E-state index contributed by atoms with van der Waals surface area (Å²) in [5.41, 5.74) is 6.24. The van der Waals surface area contributed by atoms with Crippen molar-refractivity contribution in [3.8, 4) is 5.75 Å². The molecular formula is C26H30N2O2S. The zero-order chi connectivity index (χ0) is 22.9. The summed E-state index contributed by atoms with van der Waals surface area (Å²) < 4.78 is 2.36. The first-order valence-corrected chi connectivity index (χ1v) is 11.4. The zero-order valence-electron chi connectivity index (χ0n) is 19.5. The third-order valence-electron chi connectivity index (χ3n) is 5.90. The van der Waals surface area contributed by atoms with E-state index in [0.29, 0.717) is 15.2 Å². The van der Waals surface area contributed by atoms with Crippen LogP contribution in [0.4, 0.5) is 0 Å². The molecule has 5 heteroatoms. The summed E-state index contributed by atoms with van der Waals surface area (Å²) in [5, 5.41) is 11.0. The molecule has 0 radical (unpaired) electrons. The number of fused-ring (bicyclic) bond motifs is 3. The van der Waals surface area contributed by atoms with E-state index in [4.69, 9.17) is 0 Å². The average Bonchev–Trinajstić information content (AvgIpc) is 3.11. The number of nitrogens with zero attached hydrogens (tertiary/aromatic N) is 2. The van der Waals surface area contributed by atoms with Crippen LogP contribution in [0.5, 0.6) is 5.75 Å². The zero-order valence-corrected chi connectivity index (χ0v) is 20.4. The predicted octanol–water partition coefficient (Wildman–Crippen LogP) is 5.37. The summed E-state index contributed by atoms with van der Waals surface area (Å²) in [6, 6.07) is 8.08. The number of thiazole rings is 1. The Morgan fingerprint density at radius 3 is 2.03 bits per heavy atom. The van der Waals surface area contributed by atoms with Crippen molar-refractivity contribution in [3.05, 3.63) is 67.0 Å². The molecule has 31 heavy (non-hydrogen) atoms. The molecule has 0 aliphatic carbocycles. The lowest BCUT2D eigenvalue weighted by atomic mass is 9.78. The second-order valence-electron chi connectivity index (χ2n) is 10.5. The van der Waals surface area contributed by atoms with Crippen LogP contribution in [0.25, 0.3) is 22.1 Å². The standard InChI is InChI=1S/C26H30N2O2S/c1-14-9-19-20(10-15(14)2)28-23(30)21(31-24(28)27-19)13-16-11-17(25(3,4)5)22(29)18(12-16)26(6,7)8/h9-13,29H,1-8H3/b21-13+. The number of phenols is 1. The lowest BCUT2D eigenvalue weighted by molar-refractivity contribution is 0.423. The van der Waals surface area contributed by atoms with Gasteiger partial charge in [-0.1, -0.05) is 52.9 Å². The van der Waals surface area contributed by atoms with Gasteiger partial charge in [-0.05, 0) is 71.7 Å². The Kier molecular flexibility index (Phi) is 4.82. The van der Waals surface area contributed by atoms with Gasteiger partial charge in [-0.15, -0.1) is 0 Å². The number of aryl methyl sites for hydroxylation is 2. The van der Waals surface area contributed by atoms with Crippen LogP contribution >= 0.6 is 11.3 Å². The van der Waals surface area contributed by atoms with E-state index in [2.05, 4.69) is 60.4 Å². The molecule has 162 valence electrons. The number of rotatable bonds is 1. The van der Waals surface area contributed by atoms with Crippen LogP contribution in [0.3, 0.4) is 0 Å². The molecule has 0 aliphatic heterocycles. The summed E-state index contributed by atoms with van der Waals surface area (Å²) in [6.45, 7) is 16.7. The number of aromatic nitrogens is 2. The number of imidazole rings is 1. The maximum Gasteiger partial charge on any atom is 0.274 e. The summed E-state index contributed by atoms with van der Waals surface area (Å²) in [4.78, 5) is 18.7. The van der Waals surface area contributed by atoms with Crippen molar-refractivity contribution in [3.63, 3.8) is 0 Å². The van der Waals surface area contributed by atoms with Gasteiger partial charge < -0.3 is 5.11 Å². The minimum Gasteiger partial charge on any atom is -0.507 e. The summed E-state index contributed by atoms with van der Waals surface area (Å²) in [6.07, 6.45) is 1.93. The van der Waals surface area contributed by atoms with Gasteiger partial charge in [0.1, 0.15) is 5.75 Å². The van der Waals surface area contributed by atoms with E-state index in [0.717, 1.165) is 33.3 Å².